The average molecular weight is 248 g/mol. The Morgan fingerprint density at radius 1 is 1.28 bits per heavy atom. The van der Waals surface area contributed by atoms with Gasteiger partial charge in [0, 0.05) is 20.2 Å². The highest BCUT2D eigenvalue weighted by Gasteiger charge is 2.01. The molecular formula is C14H20N2O2. The van der Waals surface area contributed by atoms with E-state index in [4.69, 9.17) is 4.74 Å². The molecule has 0 saturated carbocycles. The lowest BCUT2D eigenvalue weighted by Gasteiger charge is -2.08. The molecule has 0 unspecified atom stereocenters. The fourth-order valence-corrected chi connectivity index (χ4v) is 1.46. The van der Waals surface area contributed by atoms with Gasteiger partial charge in [0.1, 0.15) is 0 Å². The first-order valence-electron chi connectivity index (χ1n) is 5.93. The highest BCUT2D eigenvalue weighted by atomic mass is 16.5. The van der Waals surface area contributed by atoms with Gasteiger partial charge in [0.15, 0.2) is 0 Å². The molecule has 0 fully saturated rings. The Morgan fingerprint density at radius 3 is 2.67 bits per heavy atom. The Hall–Kier alpha value is -1.65. The highest BCUT2D eigenvalue weighted by Crippen LogP contribution is 2.09. The van der Waals surface area contributed by atoms with E-state index in [1.807, 2.05) is 30.3 Å². The van der Waals surface area contributed by atoms with E-state index in [0.29, 0.717) is 19.7 Å². The quantitative estimate of drug-likeness (QED) is 0.676. The molecule has 0 bridgehead atoms. The van der Waals surface area contributed by atoms with Gasteiger partial charge in [0.2, 0.25) is 5.91 Å². The second kappa shape index (κ2) is 8.44. The second-order valence-corrected chi connectivity index (χ2v) is 3.92. The predicted molar refractivity (Wildman–Crippen MR) is 73.2 cm³/mol. The van der Waals surface area contributed by atoms with Crippen molar-refractivity contribution in [3.05, 3.63) is 42.5 Å². The van der Waals surface area contributed by atoms with Crippen molar-refractivity contribution in [2.75, 3.05) is 33.4 Å². The Balaban J connectivity index is 2.18. The molecule has 1 amide bonds. The first-order chi connectivity index (χ1) is 8.74. The van der Waals surface area contributed by atoms with Gasteiger partial charge in [-0.05, 0) is 11.1 Å². The molecular weight excluding hydrogens is 228 g/mol. The molecule has 98 valence electrons. The molecule has 1 rings (SSSR count). The first-order valence-corrected chi connectivity index (χ1v) is 5.93. The van der Waals surface area contributed by atoms with E-state index in [-0.39, 0.29) is 12.5 Å². The van der Waals surface area contributed by atoms with Crippen LogP contribution in [-0.4, -0.2) is 39.3 Å². The summed E-state index contributed by atoms with van der Waals surface area (Å²) in [7, 11) is 1.61. The molecule has 4 heteroatoms. The van der Waals surface area contributed by atoms with Gasteiger partial charge in [-0.1, -0.05) is 36.9 Å². The van der Waals surface area contributed by atoms with E-state index in [1.165, 1.54) is 0 Å². The van der Waals surface area contributed by atoms with E-state index in [9.17, 15) is 4.79 Å². The molecule has 0 heterocycles. The molecule has 0 aliphatic carbocycles. The van der Waals surface area contributed by atoms with Crippen LogP contribution in [0, 0.1) is 0 Å². The second-order valence-electron chi connectivity index (χ2n) is 3.92. The summed E-state index contributed by atoms with van der Waals surface area (Å²) >= 11 is 0. The average Bonchev–Trinajstić information content (AvgIpc) is 2.40. The van der Waals surface area contributed by atoms with Gasteiger partial charge in [-0.2, -0.15) is 0 Å². The summed E-state index contributed by atoms with van der Waals surface area (Å²) in [6.07, 6.45) is 0. The van der Waals surface area contributed by atoms with Crippen LogP contribution in [0.3, 0.4) is 0 Å². The molecule has 0 spiro atoms. The van der Waals surface area contributed by atoms with E-state index >= 15 is 0 Å². The van der Waals surface area contributed by atoms with Gasteiger partial charge in [-0.15, -0.1) is 0 Å². The third-order valence-electron chi connectivity index (χ3n) is 2.43. The Kier molecular flexibility index (Phi) is 6.76. The van der Waals surface area contributed by atoms with Crippen LogP contribution in [0.15, 0.2) is 36.9 Å². The minimum absolute atomic E-state index is 0.0343. The number of ether oxygens (including phenoxy) is 1. The molecule has 0 saturated heterocycles. The van der Waals surface area contributed by atoms with Gasteiger partial charge in [-0.3, -0.25) is 4.79 Å². The maximum absolute atomic E-state index is 11.4. The summed E-state index contributed by atoms with van der Waals surface area (Å²) in [5, 5.41) is 5.80. The highest BCUT2D eigenvalue weighted by molar-refractivity contribution is 5.78. The van der Waals surface area contributed by atoms with Gasteiger partial charge >= 0.3 is 0 Å². The molecule has 0 radical (unpaired) electrons. The molecule has 0 aliphatic rings. The van der Waals surface area contributed by atoms with Gasteiger partial charge in [0.25, 0.3) is 0 Å². The smallest absolute Gasteiger partial charge is 0.234 e. The van der Waals surface area contributed by atoms with Crippen molar-refractivity contribution in [1.82, 2.24) is 10.6 Å². The van der Waals surface area contributed by atoms with Crippen molar-refractivity contribution < 1.29 is 9.53 Å². The van der Waals surface area contributed by atoms with Crippen molar-refractivity contribution in [2.45, 2.75) is 0 Å². The lowest BCUT2D eigenvalue weighted by molar-refractivity contribution is -0.120. The van der Waals surface area contributed by atoms with Crippen LogP contribution in [0.5, 0.6) is 0 Å². The fourth-order valence-electron chi connectivity index (χ4n) is 1.46. The van der Waals surface area contributed by atoms with Crippen molar-refractivity contribution in [2.24, 2.45) is 0 Å². The van der Waals surface area contributed by atoms with Crippen LogP contribution in [-0.2, 0) is 9.53 Å². The maximum atomic E-state index is 11.4. The number of carbonyl (C=O) groups is 1. The Bertz CT molecular complexity index is 377. The van der Waals surface area contributed by atoms with Crippen molar-refractivity contribution in [3.63, 3.8) is 0 Å². The lowest BCUT2D eigenvalue weighted by atomic mass is 10.1. The molecule has 18 heavy (non-hydrogen) atoms. The standard InChI is InChI=1S/C14H20N2O2/c1-12(13-6-4-3-5-7-13)10-15-11-14(17)16-8-9-18-2/h3-7,15H,1,8-11H2,2H3,(H,16,17). The zero-order chi connectivity index (χ0) is 13.2. The van der Waals surface area contributed by atoms with Crippen LogP contribution in [0.1, 0.15) is 5.56 Å². The van der Waals surface area contributed by atoms with Gasteiger partial charge in [0.05, 0.1) is 13.2 Å². The normalized spacial score (nSPS) is 10.1. The van der Waals surface area contributed by atoms with Crippen LogP contribution < -0.4 is 10.6 Å². The maximum Gasteiger partial charge on any atom is 0.234 e. The van der Waals surface area contributed by atoms with Crippen molar-refractivity contribution in [1.29, 1.82) is 0 Å². The number of hydrogen-bond donors (Lipinski definition) is 2. The van der Waals surface area contributed by atoms with E-state index < -0.39 is 0 Å². The molecule has 0 atom stereocenters. The fraction of sp³-hybridized carbons (Fsp3) is 0.357. The van der Waals surface area contributed by atoms with Crippen LogP contribution in [0.25, 0.3) is 5.57 Å². The molecule has 2 N–H and O–H groups in total. The van der Waals surface area contributed by atoms with Crippen LogP contribution in [0.2, 0.25) is 0 Å². The number of benzene rings is 1. The number of hydrogen-bond acceptors (Lipinski definition) is 3. The summed E-state index contributed by atoms with van der Waals surface area (Å²) in [6.45, 7) is 5.94. The summed E-state index contributed by atoms with van der Waals surface area (Å²) in [5.74, 6) is -0.0343. The summed E-state index contributed by atoms with van der Waals surface area (Å²) in [4.78, 5) is 11.4. The third kappa shape index (κ3) is 5.61. The monoisotopic (exact) mass is 248 g/mol. The number of carbonyl (C=O) groups excluding carboxylic acids is 1. The minimum Gasteiger partial charge on any atom is -0.383 e. The van der Waals surface area contributed by atoms with Gasteiger partial charge < -0.3 is 15.4 Å². The summed E-state index contributed by atoms with van der Waals surface area (Å²) < 4.78 is 4.84. The Labute approximate surface area is 108 Å². The third-order valence-corrected chi connectivity index (χ3v) is 2.43. The topological polar surface area (TPSA) is 50.4 Å². The summed E-state index contributed by atoms with van der Waals surface area (Å²) in [6, 6.07) is 9.91. The van der Waals surface area contributed by atoms with Crippen LogP contribution in [0.4, 0.5) is 0 Å². The van der Waals surface area contributed by atoms with Crippen LogP contribution >= 0.6 is 0 Å². The zero-order valence-corrected chi connectivity index (χ0v) is 10.7. The molecule has 1 aromatic carbocycles. The molecule has 0 aliphatic heterocycles. The number of rotatable bonds is 8. The van der Waals surface area contributed by atoms with E-state index in [1.54, 1.807) is 7.11 Å². The Morgan fingerprint density at radius 2 is 2.00 bits per heavy atom. The predicted octanol–water partition coefficient (Wildman–Crippen LogP) is 1.05. The number of amides is 1. The first kappa shape index (κ1) is 14.4. The minimum atomic E-state index is -0.0343. The van der Waals surface area contributed by atoms with E-state index in [0.717, 1.165) is 11.1 Å². The number of methoxy groups -OCH3 is 1. The zero-order valence-electron chi connectivity index (χ0n) is 10.7. The lowest BCUT2D eigenvalue weighted by Crippen LogP contribution is -2.36. The van der Waals surface area contributed by atoms with Crippen molar-refractivity contribution >= 4 is 11.5 Å². The number of nitrogens with one attached hydrogen (secondary N) is 2. The molecule has 0 aromatic heterocycles. The summed E-state index contributed by atoms with van der Waals surface area (Å²) in [5.41, 5.74) is 2.06. The van der Waals surface area contributed by atoms with Crippen molar-refractivity contribution in [3.8, 4) is 0 Å². The molecule has 1 aromatic rings. The largest absolute Gasteiger partial charge is 0.383 e. The SMILES string of the molecule is C=C(CNCC(=O)NCCOC)c1ccccc1. The molecule has 4 nitrogen and oxygen atoms in total. The van der Waals surface area contributed by atoms with E-state index in [2.05, 4.69) is 17.2 Å². The van der Waals surface area contributed by atoms with Gasteiger partial charge in [-0.25, -0.2) is 0 Å².